The predicted molar refractivity (Wildman–Crippen MR) is 257 cm³/mol. The Kier molecular flexibility index (Phi) is 16.5. The van der Waals surface area contributed by atoms with Crippen molar-refractivity contribution in [2.24, 2.45) is 22.2 Å². The molecule has 4 aromatic rings. The molecule has 1 saturated carbocycles. The van der Waals surface area contributed by atoms with Gasteiger partial charge in [0.05, 0.1) is 16.7 Å². The Balaban J connectivity index is 0.877. The molecule has 3 aromatic carbocycles. The minimum atomic E-state index is -0.849. The summed E-state index contributed by atoms with van der Waals surface area (Å²) in [7, 11) is 0. The SMILES string of the molecule is CC1(C)C(NC(=O)c2ccc(NCCCCCOCC(=O)C[C@H](C(=O)N3C[C@H](O)C[C@H]3C(=O)NCc3ccc(-c4cncnc4)cc3)C(C)(C)C)cc2)C(C)(C)C1Oc1ccc(C#N)c(Cl)c1. The molecule has 356 valence electrons. The Morgan fingerprint density at radius 2 is 1.63 bits per heavy atom. The maximum atomic E-state index is 14.0. The number of ether oxygens (including phenoxy) is 2. The van der Waals surface area contributed by atoms with Gasteiger partial charge in [-0.25, -0.2) is 9.97 Å². The Morgan fingerprint density at radius 1 is 0.940 bits per heavy atom. The summed E-state index contributed by atoms with van der Waals surface area (Å²) in [6, 6.07) is 21.2. The highest BCUT2D eigenvalue weighted by atomic mass is 35.5. The summed E-state index contributed by atoms with van der Waals surface area (Å²) in [6.07, 6.45) is 6.47. The number of aliphatic hydroxyl groups excluding tert-OH is 1. The number of halogens is 1. The topological polar surface area (TPSA) is 196 Å². The van der Waals surface area contributed by atoms with E-state index in [1.165, 1.54) is 11.2 Å². The van der Waals surface area contributed by atoms with Gasteiger partial charge in [-0.15, -0.1) is 0 Å². The van der Waals surface area contributed by atoms with Crippen molar-refractivity contribution in [2.45, 2.75) is 111 Å². The first-order valence-electron chi connectivity index (χ1n) is 23.0. The van der Waals surface area contributed by atoms with E-state index in [0.29, 0.717) is 28.5 Å². The van der Waals surface area contributed by atoms with Gasteiger partial charge in [-0.05, 0) is 72.2 Å². The number of hydrogen-bond donors (Lipinski definition) is 4. The zero-order chi connectivity index (χ0) is 48.5. The summed E-state index contributed by atoms with van der Waals surface area (Å²) in [6.45, 7) is 15.3. The number of nitrogens with one attached hydrogen (secondary N) is 3. The molecule has 1 aliphatic carbocycles. The number of benzene rings is 3. The van der Waals surface area contributed by atoms with E-state index in [4.69, 9.17) is 21.1 Å². The van der Waals surface area contributed by atoms with E-state index in [2.05, 4.69) is 59.7 Å². The molecule has 0 radical (unpaired) electrons. The van der Waals surface area contributed by atoms with Crippen LogP contribution < -0.4 is 20.7 Å². The molecule has 4 N–H and O–H groups in total. The normalized spacial score (nSPS) is 19.9. The molecule has 15 heteroatoms. The van der Waals surface area contributed by atoms with Crippen molar-refractivity contribution in [3.05, 3.63) is 107 Å². The maximum absolute atomic E-state index is 14.0. The van der Waals surface area contributed by atoms with Gasteiger partial charge in [0.15, 0.2) is 5.78 Å². The van der Waals surface area contributed by atoms with Gasteiger partial charge in [-0.1, -0.05) is 84.3 Å². The molecule has 2 fully saturated rings. The Morgan fingerprint density at radius 3 is 2.27 bits per heavy atom. The van der Waals surface area contributed by atoms with Gasteiger partial charge in [0, 0.05) is 97.1 Å². The highest BCUT2D eigenvalue weighted by Crippen LogP contribution is 2.55. The fourth-order valence-corrected chi connectivity index (χ4v) is 9.81. The molecular weight excluding hydrogens is 870 g/mol. The second-order valence-corrected chi connectivity index (χ2v) is 20.4. The molecule has 0 unspecified atom stereocenters. The first kappa shape index (κ1) is 50.5. The number of nitrogens with zero attached hydrogens (tertiary/aromatic N) is 4. The van der Waals surface area contributed by atoms with E-state index < -0.39 is 23.5 Å². The standard InChI is InChI=1S/C52H64ClN7O7/c1-50(2,3)42(47(65)60-30-39(61)24-44(60)46(64)58-27-33-11-13-34(14-12-33)37-28-55-32-56-29-37)23-40(62)31-66-22-10-8-9-21-57-38-18-15-35(16-19-38)45(63)59-48-51(4,5)49(52(48,6)7)67-41-20-17-36(26-54)43(53)25-41/h11-20,25,28-29,32,39,42,44,48-49,57,61H,8-10,21-24,27,30-31H2,1-7H3,(H,58,64)(H,59,63)/t39-,42-,44+,48?,49?/m1/s1. The number of nitriles is 1. The molecular formula is C52H64ClN7O7. The van der Waals surface area contributed by atoms with Crippen LogP contribution in [0.25, 0.3) is 11.1 Å². The average Bonchev–Trinajstić information content (AvgIpc) is 3.70. The Bertz CT molecular complexity index is 2380. The van der Waals surface area contributed by atoms with Crippen molar-refractivity contribution in [2.75, 3.05) is 31.6 Å². The zero-order valence-corrected chi connectivity index (χ0v) is 40.4. The minimum absolute atomic E-state index is 0.0231. The largest absolute Gasteiger partial charge is 0.489 e. The Hall–Kier alpha value is -5.88. The van der Waals surface area contributed by atoms with Gasteiger partial charge in [0.2, 0.25) is 11.8 Å². The summed E-state index contributed by atoms with van der Waals surface area (Å²) < 4.78 is 12.1. The number of likely N-dealkylation sites (tertiary alicyclic amines) is 1. The molecule has 14 nitrogen and oxygen atoms in total. The van der Waals surface area contributed by atoms with Crippen molar-refractivity contribution in [3.8, 4) is 22.9 Å². The highest BCUT2D eigenvalue weighted by Gasteiger charge is 2.64. The molecule has 1 saturated heterocycles. The van der Waals surface area contributed by atoms with Crippen LogP contribution in [-0.2, 0) is 25.7 Å². The molecule has 3 atom stereocenters. The number of carbonyl (C=O) groups excluding carboxylic acids is 4. The first-order valence-corrected chi connectivity index (χ1v) is 23.4. The van der Waals surface area contributed by atoms with E-state index in [-0.39, 0.29) is 79.0 Å². The number of ketones is 1. The van der Waals surface area contributed by atoms with Crippen molar-refractivity contribution < 1.29 is 33.8 Å². The summed E-state index contributed by atoms with van der Waals surface area (Å²) in [4.78, 5) is 63.5. The number of amides is 3. The second-order valence-electron chi connectivity index (χ2n) is 20.0. The summed E-state index contributed by atoms with van der Waals surface area (Å²) >= 11 is 6.24. The minimum Gasteiger partial charge on any atom is -0.489 e. The lowest BCUT2D eigenvalue weighted by Crippen LogP contribution is -2.74. The number of unbranched alkanes of at least 4 members (excludes halogenated alkanes) is 2. The molecule has 67 heavy (non-hydrogen) atoms. The van der Waals surface area contributed by atoms with Crippen LogP contribution in [0.15, 0.2) is 85.5 Å². The summed E-state index contributed by atoms with van der Waals surface area (Å²) in [5.41, 5.74) is 3.22. The zero-order valence-electron chi connectivity index (χ0n) is 39.6. The van der Waals surface area contributed by atoms with Crippen LogP contribution in [0.4, 0.5) is 5.69 Å². The van der Waals surface area contributed by atoms with Crippen LogP contribution in [0.2, 0.25) is 5.02 Å². The molecule has 1 aromatic heterocycles. The van der Waals surface area contributed by atoms with E-state index in [1.54, 1.807) is 42.7 Å². The van der Waals surface area contributed by atoms with Gasteiger partial charge in [-0.2, -0.15) is 5.26 Å². The first-order chi connectivity index (χ1) is 31.8. The number of aliphatic hydroxyl groups is 1. The average molecular weight is 935 g/mol. The van der Waals surface area contributed by atoms with Crippen LogP contribution in [0.1, 0.15) is 102 Å². The van der Waals surface area contributed by atoms with Crippen molar-refractivity contribution >= 4 is 40.8 Å². The van der Waals surface area contributed by atoms with Crippen molar-refractivity contribution in [3.63, 3.8) is 0 Å². The molecule has 3 amide bonds. The lowest BCUT2D eigenvalue weighted by Gasteiger charge is -2.63. The smallest absolute Gasteiger partial charge is 0.251 e. The van der Waals surface area contributed by atoms with Crippen LogP contribution in [0, 0.1) is 33.5 Å². The van der Waals surface area contributed by atoms with Gasteiger partial charge < -0.3 is 35.4 Å². The van der Waals surface area contributed by atoms with Gasteiger partial charge in [-0.3, -0.25) is 19.2 Å². The lowest BCUT2D eigenvalue weighted by molar-refractivity contribution is -0.164. The molecule has 1 aliphatic heterocycles. The molecule has 2 heterocycles. The highest BCUT2D eigenvalue weighted by molar-refractivity contribution is 6.31. The van der Waals surface area contributed by atoms with E-state index >= 15 is 0 Å². The van der Waals surface area contributed by atoms with E-state index in [0.717, 1.165) is 48.2 Å². The van der Waals surface area contributed by atoms with Crippen LogP contribution in [-0.4, -0.2) is 94.1 Å². The lowest BCUT2D eigenvalue weighted by atomic mass is 9.49. The fourth-order valence-electron chi connectivity index (χ4n) is 9.60. The predicted octanol–water partition coefficient (Wildman–Crippen LogP) is 7.78. The summed E-state index contributed by atoms with van der Waals surface area (Å²) in [5.74, 6) is -1.15. The molecule has 0 spiro atoms. The monoisotopic (exact) mass is 933 g/mol. The van der Waals surface area contributed by atoms with E-state index in [1.807, 2.05) is 57.2 Å². The third-order valence-corrected chi connectivity index (χ3v) is 13.4. The number of aromatic nitrogens is 2. The maximum Gasteiger partial charge on any atom is 0.251 e. The number of carbonyl (C=O) groups is 4. The number of rotatable bonds is 20. The molecule has 2 aliphatic rings. The summed E-state index contributed by atoms with van der Waals surface area (Å²) in [5, 5.41) is 29.7. The Labute approximate surface area is 399 Å². The third kappa shape index (κ3) is 12.6. The van der Waals surface area contributed by atoms with Crippen LogP contribution in [0.5, 0.6) is 5.75 Å². The van der Waals surface area contributed by atoms with Crippen molar-refractivity contribution in [1.29, 1.82) is 5.26 Å². The number of Topliss-reactive ketones (excluding diaryl/α,β-unsaturated/α-hetero) is 1. The number of β-amino-alcohol motifs (C(OH)–C–C–N with tert-alkyl or cyclic N) is 1. The molecule has 0 bridgehead atoms. The third-order valence-electron chi connectivity index (χ3n) is 13.1. The second kappa shape index (κ2) is 21.8. The fraction of sp³-hybridized carbons (Fsp3) is 0.481. The van der Waals surface area contributed by atoms with Gasteiger partial charge in [0.1, 0.15) is 36.9 Å². The van der Waals surface area contributed by atoms with Crippen LogP contribution in [0.3, 0.4) is 0 Å². The quantitative estimate of drug-likeness (QED) is 0.0632. The van der Waals surface area contributed by atoms with Gasteiger partial charge >= 0.3 is 0 Å². The van der Waals surface area contributed by atoms with E-state index in [9.17, 15) is 29.5 Å². The number of anilines is 1. The van der Waals surface area contributed by atoms with Gasteiger partial charge in [0.25, 0.3) is 5.91 Å². The number of hydrogen-bond acceptors (Lipinski definition) is 11. The van der Waals surface area contributed by atoms with Crippen LogP contribution >= 0.6 is 11.6 Å². The van der Waals surface area contributed by atoms with Crippen molar-refractivity contribution in [1.82, 2.24) is 25.5 Å². The molecule has 6 rings (SSSR count).